The minimum Gasteiger partial charge on any atom is -0.497 e. The molecule has 146 valence electrons. The van der Waals surface area contributed by atoms with Crippen molar-refractivity contribution < 1.29 is 23.5 Å². The Bertz CT molecular complexity index is 1230. The largest absolute Gasteiger partial charge is 0.497 e. The predicted molar refractivity (Wildman–Crippen MR) is 108 cm³/mol. The first-order valence-corrected chi connectivity index (χ1v) is 9.04. The van der Waals surface area contributed by atoms with Gasteiger partial charge in [-0.3, -0.25) is 4.79 Å². The minimum absolute atomic E-state index is 0.122. The van der Waals surface area contributed by atoms with Crippen LogP contribution in [0.25, 0.3) is 22.0 Å². The van der Waals surface area contributed by atoms with Crippen molar-refractivity contribution in [2.45, 2.75) is 6.92 Å². The third-order valence-electron chi connectivity index (χ3n) is 4.37. The number of benzene rings is 2. The minimum atomic E-state index is -0.446. The molecule has 0 saturated carbocycles. The van der Waals surface area contributed by atoms with Gasteiger partial charge < -0.3 is 19.2 Å². The summed E-state index contributed by atoms with van der Waals surface area (Å²) in [6.45, 7) is 2.01. The average Bonchev–Trinajstić information content (AvgIpc) is 3.15. The second-order valence-electron chi connectivity index (χ2n) is 6.31. The number of furan rings is 1. The lowest BCUT2D eigenvalue weighted by molar-refractivity contribution is 0.0526. The number of methoxy groups -OCH3 is 1. The Hall–Kier alpha value is -3.87. The van der Waals surface area contributed by atoms with Crippen LogP contribution >= 0.6 is 0 Å². The summed E-state index contributed by atoms with van der Waals surface area (Å²) in [5.74, 6) is -0.0732. The highest BCUT2D eigenvalue weighted by Crippen LogP contribution is 2.26. The molecule has 0 unspecified atom stereocenters. The highest BCUT2D eigenvalue weighted by Gasteiger charge is 2.15. The quantitative estimate of drug-likeness (QED) is 0.507. The number of carbonyl (C=O) groups is 2. The Labute approximate surface area is 166 Å². The molecule has 7 heteroatoms. The molecule has 0 radical (unpaired) electrons. The van der Waals surface area contributed by atoms with Crippen LogP contribution in [0.4, 0.5) is 5.69 Å². The molecule has 2 heterocycles. The van der Waals surface area contributed by atoms with Gasteiger partial charge in [0.15, 0.2) is 5.76 Å². The molecule has 29 heavy (non-hydrogen) atoms. The maximum absolute atomic E-state index is 12.6. The molecule has 0 aliphatic carbocycles. The number of anilines is 1. The van der Waals surface area contributed by atoms with Gasteiger partial charge in [-0.05, 0) is 49.4 Å². The molecule has 1 amide bonds. The average molecular weight is 390 g/mol. The van der Waals surface area contributed by atoms with Crippen LogP contribution in [0.1, 0.15) is 27.8 Å². The van der Waals surface area contributed by atoms with Crippen LogP contribution in [0.15, 0.2) is 59.0 Å². The molecule has 0 spiro atoms. The van der Waals surface area contributed by atoms with Crippen molar-refractivity contribution in [1.82, 2.24) is 4.98 Å². The molecule has 0 saturated heterocycles. The Morgan fingerprint density at radius 2 is 1.93 bits per heavy atom. The zero-order valence-electron chi connectivity index (χ0n) is 15.9. The maximum atomic E-state index is 12.6. The third kappa shape index (κ3) is 3.75. The van der Waals surface area contributed by atoms with E-state index in [9.17, 15) is 9.59 Å². The molecule has 0 atom stereocenters. The van der Waals surface area contributed by atoms with E-state index in [4.69, 9.17) is 13.9 Å². The van der Waals surface area contributed by atoms with Gasteiger partial charge in [0.1, 0.15) is 5.75 Å². The van der Waals surface area contributed by atoms with Crippen molar-refractivity contribution in [3.8, 4) is 5.75 Å². The monoisotopic (exact) mass is 390 g/mol. The van der Waals surface area contributed by atoms with Gasteiger partial charge >= 0.3 is 5.97 Å². The summed E-state index contributed by atoms with van der Waals surface area (Å²) in [5.41, 5.74) is 1.89. The van der Waals surface area contributed by atoms with E-state index in [1.54, 1.807) is 50.4 Å². The van der Waals surface area contributed by atoms with Crippen molar-refractivity contribution in [3.05, 3.63) is 65.9 Å². The first kappa shape index (κ1) is 18.5. The van der Waals surface area contributed by atoms with Crippen molar-refractivity contribution in [2.75, 3.05) is 19.0 Å². The van der Waals surface area contributed by atoms with Gasteiger partial charge in [-0.1, -0.05) is 6.07 Å². The smallest absolute Gasteiger partial charge is 0.338 e. The van der Waals surface area contributed by atoms with Gasteiger partial charge in [-0.25, -0.2) is 9.78 Å². The number of nitrogens with one attached hydrogen (secondary N) is 1. The van der Waals surface area contributed by atoms with E-state index >= 15 is 0 Å². The highest BCUT2D eigenvalue weighted by molar-refractivity contribution is 6.05. The van der Waals surface area contributed by atoms with E-state index < -0.39 is 11.9 Å². The summed E-state index contributed by atoms with van der Waals surface area (Å²) in [6.07, 6.45) is 0. The van der Waals surface area contributed by atoms with E-state index in [2.05, 4.69) is 10.3 Å². The molecule has 0 bridgehead atoms. The zero-order chi connectivity index (χ0) is 20.4. The highest BCUT2D eigenvalue weighted by atomic mass is 16.5. The Balaban J connectivity index is 1.61. The summed E-state index contributed by atoms with van der Waals surface area (Å²) in [7, 11) is 1.59. The summed E-state index contributed by atoms with van der Waals surface area (Å²) in [5, 5.41) is 4.35. The van der Waals surface area contributed by atoms with Crippen LogP contribution in [-0.2, 0) is 4.74 Å². The molecule has 4 aromatic rings. The second kappa shape index (κ2) is 7.63. The van der Waals surface area contributed by atoms with Gasteiger partial charge in [0.25, 0.3) is 5.91 Å². The Morgan fingerprint density at radius 3 is 2.72 bits per heavy atom. The molecule has 2 aromatic heterocycles. The number of carbonyl (C=O) groups excluding carboxylic acids is 2. The number of hydrogen-bond donors (Lipinski definition) is 1. The van der Waals surface area contributed by atoms with E-state index in [1.807, 2.05) is 18.2 Å². The van der Waals surface area contributed by atoms with Crippen LogP contribution in [0.3, 0.4) is 0 Å². The van der Waals surface area contributed by atoms with E-state index in [0.717, 1.165) is 5.39 Å². The van der Waals surface area contributed by atoms with Gasteiger partial charge in [0, 0.05) is 22.5 Å². The number of amides is 1. The first-order valence-electron chi connectivity index (χ1n) is 9.04. The molecule has 7 nitrogen and oxygen atoms in total. The predicted octanol–water partition coefficient (Wildman–Crippen LogP) is 4.42. The van der Waals surface area contributed by atoms with Gasteiger partial charge in [-0.15, -0.1) is 0 Å². The number of aromatic nitrogens is 1. The topological polar surface area (TPSA) is 90.7 Å². The number of pyridine rings is 1. The number of nitrogens with zero attached hydrogens (tertiary/aromatic N) is 1. The van der Waals surface area contributed by atoms with Gasteiger partial charge in [0.2, 0.25) is 5.71 Å². The Kier molecular flexibility index (Phi) is 4.87. The van der Waals surface area contributed by atoms with Crippen LogP contribution in [-0.4, -0.2) is 30.6 Å². The molecule has 1 N–H and O–H groups in total. The van der Waals surface area contributed by atoms with Gasteiger partial charge in [-0.2, -0.15) is 0 Å². The molecular weight excluding hydrogens is 372 g/mol. The van der Waals surface area contributed by atoms with Crippen molar-refractivity contribution >= 4 is 39.6 Å². The summed E-state index contributed by atoms with van der Waals surface area (Å²) >= 11 is 0. The van der Waals surface area contributed by atoms with Crippen LogP contribution < -0.4 is 10.1 Å². The van der Waals surface area contributed by atoms with E-state index in [-0.39, 0.29) is 12.4 Å². The number of hydrogen-bond acceptors (Lipinski definition) is 6. The third-order valence-corrected chi connectivity index (χ3v) is 4.37. The summed E-state index contributed by atoms with van der Waals surface area (Å²) in [6, 6.07) is 15.6. The fourth-order valence-electron chi connectivity index (χ4n) is 2.98. The van der Waals surface area contributed by atoms with Crippen LogP contribution in [0, 0.1) is 0 Å². The molecule has 2 aromatic carbocycles. The molecule has 0 fully saturated rings. The fraction of sp³-hybridized carbons (Fsp3) is 0.136. The van der Waals surface area contributed by atoms with Crippen LogP contribution in [0.5, 0.6) is 5.75 Å². The van der Waals surface area contributed by atoms with Crippen molar-refractivity contribution in [3.63, 3.8) is 0 Å². The Morgan fingerprint density at radius 1 is 1.07 bits per heavy atom. The number of ether oxygens (including phenoxy) is 2. The molecule has 0 aliphatic rings. The molecular formula is C22H18N2O5. The maximum Gasteiger partial charge on any atom is 0.338 e. The van der Waals surface area contributed by atoms with Gasteiger partial charge in [0.05, 0.1) is 24.8 Å². The zero-order valence-corrected chi connectivity index (χ0v) is 15.9. The number of fused-ring (bicyclic) bond motifs is 2. The SMILES string of the molecule is CCOC(=O)c1cccc(NC(=O)c2cc3cc4ccc(OC)cc4nc3o2)c1. The van der Waals surface area contributed by atoms with E-state index in [1.165, 1.54) is 0 Å². The standard InChI is InChI=1S/C22H18N2O5/c1-3-28-22(26)14-5-4-6-16(10-14)23-20(25)19-11-15-9-13-7-8-17(27-2)12-18(13)24-21(15)29-19/h4-12H,3H2,1-2H3,(H,23,25). The lowest BCUT2D eigenvalue weighted by Gasteiger charge is -2.06. The van der Waals surface area contributed by atoms with Crippen LogP contribution in [0.2, 0.25) is 0 Å². The fourth-order valence-corrected chi connectivity index (χ4v) is 2.98. The first-order chi connectivity index (χ1) is 14.1. The lowest BCUT2D eigenvalue weighted by Crippen LogP contribution is -2.12. The van der Waals surface area contributed by atoms with E-state index in [0.29, 0.717) is 33.6 Å². The van der Waals surface area contributed by atoms with Crippen molar-refractivity contribution in [2.24, 2.45) is 0 Å². The summed E-state index contributed by atoms with van der Waals surface area (Å²) in [4.78, 5) is 28.9. The number of rotatable bonds is 5. The van der Waals surface area contributed by atoms with Crippen molar-refractivity contribution in [1.29, 1.82) is 0 Å². The molecule has 0 aliphatic heterocycles. The second-order valence-corrected chi connectivity index (χ2v) is 6.31. The molecule has 4 rings (SSSR count). The lowest BCUT2D eigenvalue weighted by atomic mass is 10.2. The number of esters is 1. The normalized spacial score (nSPS) is 10.8. The summed E-state index contributed by atoms with van der Waals surface area (Å²) < 4.78 is 15.8.